The van der Waals surface area contributed by atoms with Gasteiger partial charge < -0.3 is 24.4 Å². The highest BCUT2D eigenvalue weighted by Gasteiger charge is 2.34. The Morgan fingerprint density at radius 1 is 1.32 bits per heavy atom. The SMILES string of the molecule is CCCN(C)C[C@@H]1Oc2ncc(C#Cc3cccc(OC)c3)cc2C(=O)N([C@H](C)CO)C[C@@H]1C. The molecule has 182 valence electrons. The number of pyridine rings is 1. The first-order valence-electron chi connectivity index (χ1n) is 11.8. The number of hydrogen-bond acceptors (Lipinski definition) is 6. The van der Waals surface area contributed by atoms with Crippen molar-refractivity contribution in [3.05, 3.63) is 53.2 Å². The average molecular weight is 466 g/mol. The van der Waals surface area contributed by atoms with E-state index in [1.54, 1.807) is 24.3 Å². The number of carbonyl (C=O) groups is 1. The van der Waals surface area contributed by atoms with Crippen LogP contribution in [-0.4, -0.2) is 78.3 Å². The van der Waals surface area contributed by atoms with E-state index >= 15 is 0 Å². The van der Waals surface area contributed by atoms with E-state index in [9.17, 15) is 9.90 Å². The normalized spacial score (nSPS) is 18.8. The second-order valence-corrected chi connectivity index (χ2v) is 8.94. The van der Waals surface area contributed by atoms with Crippen molar-refractivity contribution in [3.8, 4) is 23.5 Å². The van der Waals surface area contributed by atoms with Crippen molar-refractivity contribution in [2.75, 3.05) is 40.4 Å². The smallest absolute Gasteiger partial charge is 0.259 e. The van der Waals surface area contributed by atoms with Crippen LogP contribution in [0.2, 0.25) is 0 Å². The van der Waals surface area contributed by atoms with Crippen molar-refractivity contribution >= 4 is 5.91 Å². The van der Waals surface area contributed by atoms with Gasteiger partial charge in [-0.25, -0.2) is 4.98 Å². The van der Waals surface area contributed by atoms with Crippen LogP contribution in [0.25, 0.3) is 0 Å². The van der Waals surface area contributed by atoms with Crippen LogP contribution in [-0.2, 0) is 0 Å². The first-order valence-corrected chi connectivity index (χ1v) is 11.8. The first kappa shape index (κ1) is 25.5. The number of rotatable bonds is 7. The van der Waals surface area contributed by atoms with Gasteiger partial charge >= 0.3 is 0 Å². The molecule has 1 aromatic carbocycles. The highest BCUT2D eigenvalue weighted by atomic mass is 16.5. The lowest BCUT2D eigenvalue weighted by atomic mass is 10.00. The largest absolute Gasteiger partial charge is 0.497 e. The van der Waals surface area contributed by atoms with E-state index in [0.29, 0.717) is 23.6 Å². The predicted octanol–water partition coefficient (Wildman–Crippen LogP) is 3.05. The maximum Gasteiger partial charge on any atom is 0.259 e. The summed E-state index contributed by atoms with van der Waals surface area (Å²) in [5.41, 5.74) is 1.79. The van der Waals surface area contributed by atoms with Gasteiger partial charge in [-0.15, -0.1) is 0 Å². The minimum atomic E-state index is -0.318. The molecule has 1 amide bonds. The van der Waals surface area contributed by atoms with Crippen molar-refractivity contribution in [2.24, 2.45) is 5.92 Å². The number of aromatic nitrogens is 1. The Labute approximate surface area is 202 Å². The molecule has 0 radical (unpaired) electrons. The van der Waals surface area contributed by atoms with Crippen LogP contribution in [0.3, 0.4) is 0 Å². The van der Waals surface area contributed by atoms with Gasteiger partial charge in [0.1, 0.15) is 17.4 Å². The van der Waals surface area contributed by atoms with Crippen LogP contribution in [0, 0.1) is 17.8 Å². The number of fused-ring (bicyclic) bond motifs is 1. The van der Waals surface area contributed by atoms with Crippen molar-refractivity contribution in [1.29, 1.82) is 0 Å². The lowest BCUT2D eigenvalue weighted by molar-refractivity contribution is 0.0331. The van der Waals surface area contributed by atoms with Crippen LogP contribution >= 0.6 is 0 Å². The Morgan fingerprint density at radius 2 is 2.09 bits per heavy atom. The van der Waals surface area contributed by atoms with Crippen LogP contribution < -0.4 is 9.47 Å². The summed E-state index contributed by atoms with van der Waals surface area (Å²) in [4.78, 5) is 21.9. The molecule has 0 saturated heterocycles. The lowest BCUT2D eigenvalue weighted by Crippen LogP contribution is -2.50. The summed E-state index contributed by atoms with van der Waals surface area (Å²) in [7, 11) is 3.69. The van der Waals surface area contributed by atoms with Gasteiger partial charge in [-0.05, 0) is 51.2 Å². The summed E-state index contributed by atoms with van der Waals surface area (Å²) >= 11 is 0. The molecule has 2 aromatic rings. The number of likely N-dealkylation sites (N-methyl/N-ethyl adjacent to an activating group) is 1. The lowest BCUT2D eigenvalue weighted by Gasteiger charge is -2.37. The Bertz CT molecular complexity index is 1050. The molecule has 0 saturated carbocycles. The van der Waals surface area contributed by atoms with Gasteiger partial charge in [-0.2, -0.15) is 0 Å². The molecule has 0 aliphatic carbocycles. The molecule has 0 bridgehead atoms. The molecule has 1 aliphatic rings. The summed E-state index contributed by atoms with van der Waals surface area (Å²) in [6.07, 6.45) is 2.55. The number of aliphatic hydroxyl groups excluding tert-OH is 1. The number of nitrogens with zero attached hydrogens (tertiary/aromatic N) is 3. The first-order chi connectivity index (χ1) is 16.4. The maximum absolute atomic E-state index is 13.5. The topological polar surface area (TPSA) is 75.1 Å². The predicted molar refractivity (Wildman–Crippen MR) is 132 cm³/mol. The molecule has 1 N–H and O–H groups in total. The number of carbonyl (C=O) groups excluding carboxylic acids is 1. The Balaban J connectivity index is 1.97. The van der Waals surface area contributed by atoms with Crippen molar-refractivity contribution in [2.45, 2.75) is 39.3 Å². The fourth-order valence-electron chi connectivity index (χ4n) is 4.01. The highest BCUT2D eigenvalue weighted by Crippen LogP contribution is 2.27. The Morgan fingerprint density at radius 3 is 2.79 bits per heavy atom. The molecule has 7 heteroatoms. The average Bonchev–Trinajstić information content (AvgIpc) is 2.84. The van der Waals surface area contributed by atoms with E-state index in [4.69, 9.17) is 9.47 Å². The van der Waals surface area contributed by atoms with Crippen molar-refractivity contribution in [3.63, 3.8) is 0 Å². The van der Waals surface area contributed by atoms with Gasteiger partial charge in [0.05, 0.1) is 19.8 Å². The van der Waals surface area contributed by atoms with Gasteiger partial charge in [0.25, 0.3) is 5.91 Å². The zero-order valence-electron chi connectivity index (χ0n) is 20.7. The molecule has 7 nitrogen and oxygen atoms in total. The molecule has 0 unspecified atom stereocenters. The third kappa shape index (κ3) is 6.28. The van der Waals surface area contributed by atoms with Crippen LogP contribution in [0.4, 0.5) is 0 Å². The number of aliphatic hydroxyl groups is 1. The molecule has 2 heterocycles. The molecule has 1 aromatic heterocycles. The maximum atomic E-state index is 13.5. The molecule has 3 atom stereocenters. The van der Waals surface area contributed by atoms with E-state index in [0.717, 1.165) is 30.8 Å². The monoisotopic (exact) mass is 465 g/mol. The summed E-state index contributed by atoms with van der Waals surface area (Å²) in [5.74, 6) is 7.10. The van der Waals surface area contributed by atoms with Crippen LogP contribution in [0.1, 0.15) is 48.7 Å². The van der Waals surface area contributed by atoms with E-state index in [-0.39, 0.29) is 30.6 Å². The number of benzene rings is 1. The third-order valence-corrected chi connectivity index (χ3v) is 6.04. The molecule has 1 aliphatic heterocycles. The summed E-state index contributed by atoms with van der Waals surface area (Å²) in [6.45, 7) is 8.14. The molecular weight excluding hydrogens is 430 g/mol. The summed E-state index contributed by atoms with van der Waals surface area (Å²) in [6, 6.07) is 8.91. The molecule has 3 rings (SSSR count). The van der Waals surface area contributed by atoms with Crippen LogP contribution in [0.15, 0.2) is 36.5 Å². The molecular formula is C27H35N3O4. The fourth-order valence-corrected chi connectivity index (χ4v) is 4.01. The van der Waals surface area contributed by atoms with E-state index < -0.39 is 0 Å². The van der Waals surface area contributed by atoms with Crippen molar-refractivity contribution in [1.82, 2.24) is 14.8 Å². The van der Waals surface area contributed by atoms with Crippen LogP contribution in [0.5, 0.6) is 11.6 Å². The summed E-state index contributed by atoms with van der Waals surface area (Å²) < 4.78 is 11.6. The van der Waals surface area contributed by atoms with Gasteiger partial charge in [0.15, 0.2) is 0 Å². The minimum Gasteiger partial charge on any atom is -0.497 e. The van der Waals surface area contributed by atoms with Gasteiger partial charge in [0, 0.05) is 36.3 Å². The number of methoxy groups -OCH3 is 1. The van der Waals surface area contributed by atoms with E-state index in [1.165, 1.54) is 0 Å². The van der Waals surface area contributed by atoms with E-state index in [1.807, 2.05) is 31.2 Å². The molecule has 0 spiro atoms. The number of hydrogen-bond donors (Lipinski definition) is 1. The Hall–Kier alpha value is -3.08. The number of amides is 1. The van der Waals surface area contributed by atoms with Crippen molar-refractivity contribution < 1.29 is 19.4 Å². The molecule has 0 fully saturated rings. The minimum absolute atomic E-state index is 0.0692. The molecule has 34 heavy (non-hydrogen) atoms. The van der Waals surface area contributed by atoms with Gasteiger partial charge in [0.2, 0.25) is 5.88 Å². The fraction of sp³-hybridized carbons (Fsp3) is 0.481. The zero-order chi connectivity index (χ0) is 24.7. The summed E-state index contributed by atoms with van der Waals surface area (Å²) in [5, 5.41) is 9.81. The highest BCUT2D eigenvalue weighted by molar-refractivity contribution is 5.97. The standard InChI is InChI=1S/C27H35N3O4/c1-6-12-29(4)17-25-19(2)16-30(20(3)18-31)27(32)24-14-22(15-28-26(24)34-25)11-10-21-8-7-9-23(13-21)33-5/h7-9,13-15,19-20,25,31H,6,12,16-18H2,1-5H3/t19-,20+,25-/m0/s1. The van der Waals surface area contributed by atoms with E-state index in [2.05, 4.69) is 42.6 Å². The van der Waals surface area contributed by atoms with Gasteiger partial charge in [-0.1, -0.05) is 31.8 Å². The quantitative estimate of drug-likeness (QED) is 0.634. The zero-order valence-corrected chi connectivity index (χ0v) is 20.7. The third-order valence-electron chi connectivity index (χ3n) is 6.04. The Kier molecular flexibility index (Phi) is 8.91. The second kappa shape index (κ2) is 11.9. The second-order valence-electron chi connectivity index (χ2n) is 8.94. The van der Waals surface area contributed by atoms with Gasteiger partial charge in [-0.3, -0.25) is 4.79 Å². The number of ether oxygens (including phenoxy) is 2.